The van der Waals surface area contributed by atoms with Gasteiger partial charge in [0.2, 0.25) is 5.91 Å². The largest absolute Gasteiger partial charge is 0.493 e. The molecule has 152 valence electrons. The third kappa shape index (κ3) is 4.56. The predicted octanol–water partition coefficient (Wildman–Crippen LogP) is 3.45. The summed E-state index contributed by atoms with van der Waals surface area (Å²) in [5, 5.41) is 3.37. The van der Waals surface area contributed by atoms with E-state index in [9.17, 15) is 9.59 Å². The highest BCUT2D eigenvalue weighted by atomic mass is 16.5. The second-order valence-corrected chi connectivity index (χ2v) is 6.94. The number of fused-ring (bicyclic) bond motifs is 1. The van der Waals surface area contributed by atoms with Gasteiger partial charge in [0.25, 0.3) is 5.56 Å². The van der Waals surface area contributed by atoms with Gasteiger partial charge in [-0.1, -0.05) is 17.7 Å². The van der Waals surface area contributed by atoms with Crippen LogP contribution in [0.15, 0.2) is 41.5 Å². The molecule has 3 aromatic rings. The minimum atomic E-state index is -0.175. The molecule has 7 heteroatoms. The fourth-order valence-electron chi connectivity index (χ4n) is 3.22. The lowest BCUT2D eigenvalue weighted by Crippen LogP contribution is -2.22. The van der Waals surface area contributed by atoms with Gasteiger partial charge >= 0.3 is 0 Å². The molecule has 1 N–H and O–H groups in total. The van der Waals surface area contributed by atoms with E-state index in [0.717, 1.165) is 16.8 Å². The molecule has 0 bridgehead atoms. The Balaban J connectivity index is 1.68. The van der Waals surface area contributed by atoms with Crippen molar-refractivity contribution in [2.45, 2.75) is 33.2 Å². The number of carbonyl (C=O) groups excluding carboxylic acids is 1. The SMILES string of the molecule is COc1cc2ncn(CCCC(=O)Nc3ccc(C)cc3C)c(=O)c2cc1OC. The van der Waals surface area contributed by atoms with Gasteiger partial charge in [-0.05, 0) is 38.0 Å². The number of rotatable bonds is 7. The summed E-state index contributed by atoms with van der Waals surface area (Å²) in [4.78, 5) is 29.4. The summed E-state index contributed by atoms with van der Waals surface area (Å²) in [5.74, 6) is 0.919. The van der Waals surface area contributed by atoms with Crippen molar-refractivity contribution < 1.29 is 14.3 Å². The molecule has 0 saturated carbocycles. The smallest absolute Gasteiger partial charge is 0.261 e. The van der Waals surface area contributed by atoms with Crippen molar-refractivity contribution in [1.82, 2.24) is 9.55 Å². The van der Waals surface area contributed by atoms with Crippen LogP contribution >= 0.6 is 0 Å². The number of carbonyl (C=O) groups is 1. The van der Waals surface area contributed by atoms with Gasteiger partial charge < -0.3 is 14.8 Å². The molecule has 29 heavy (non-hydrogen) atoms. The van der Waals surface area contributed by atoms with Gasteiger partial charge in [0, 0.05) is 24.7 Å². The highest BCUT2D eigenvalue weighted by Gasteiger charge is 2.11. The molecular weight excluding hydrogens is 370 g/mol. The minimum absolute atomic E-state index is 0.0786. The number of aromatic nitrogens is 2. The standard InChI is InChI=1S/C22H25N3O4/c1-14-7-8-17(15(2)10-14)24-21(26)6-5-9-25-13-23-18-12-20(29-4)19(28-3)11-16(18)22(25)27/h7-8,10-13H,5-6,9H2,1-4H3,(H,24,26). The van der Waals surface area contributed by atoms with E-state index in [1.807, 2.05) is 32.0 Å². The number of amides is 1. The Hall–Kier alpha value is -3.35. The molecule has 1 heterocycles. The van der Waals surface area contributed by atoms with E-state index in [1.54, 1.807) is 12.1 Å². The first-order chi connectivity index (χ1) is 13.9. The van der Waals surface area contributed by atoms with Crippen LogP contribution in [0.4, 0.5) is 5.69 Å². The molecular formula is C22H25N3O4. The van der Waals surface area contributed by atoms with E-state index >= 15 is 0 Å². The van der Waals surface area contributed by atoms with Crippen molar-refractivity contribution >= 4 is 22.5 Å². The highest BCUT2D eigenvalue weighted by molar-refractivity contribution is 5.91. The van der Waals surface area contributed by atoms with Gasteiger partial charge in [0.05, 0.1) is 31.4 Å². The molecule has 0 unspecified atom stereocenters. The molecule has 7 nitrogen and oxygen atoms in total. The van der Waals surface area contributed by atoms with E-state index in [-0.39, 0.29) is 11.5 Å². The molecule has 3 rings (SSSR count). The summed E-state index contributed by atoms with van der Waals surface area (Å²) >= 11 is 0. The van der Waals surface area contributed by atoms with Crippen LogP contribution in [0.1, 0.15) is 24.0 Å². The Morgan fingerprint density at radius 2 is 1.83 bits per heavy atom. The van der Waals surface area contributed by atoms with Crippen LogP contribution in [0.25, 0.3) is 10.9 Å². The number of aryl methyl sites for hydroxylation is 3. The van der Waals surface area contributed by atoms with Crippen molar-refractivity contribution in [3.05, 3.63) is 58.1 Å². The van der Waals surface area contributed by atoms with Gasteiger partial charge in [-0.2, -0.15) is 0 Å². The van der Waals surface area contributed by atoms with Gasteiger partial charge in [0.1, 0.15) is 0 Å². The Labute approximate surface area is 169 Å². The average molecular weight is 395 g/mol. The molecule has 2 aromatic carbocycles. The predicted molar refractivity (Wildman–Crippen MR) is 113 cm³/mol. The summed E-state index contributed by atoms with van der Waals surface area (Å²) in [7, 11) is 3.06. The van der Waals surface area contributed by atoms with E-state index < -0.39 is 0 Å². The highest BCUT2D eigenvalue weighted by Crippen LogP contribution is 2.29. The monoisotopic (exact) mass is 395 g/mol. The zero-order valence-corrected chi connectivity index (χ0v) is 17.1. The molecule has 0 spiro atoms. The summed E-state index contributed by atoms with van der Waals surface area (Å²) in [6, 6.07) is 9.21. The lowest BCUT2D eigenvalue weighted by atomic mass is 10.1. The summed E-state index contributed by atoms with van der Waals surface area (Å²) < 4.78 is 12.0. The second-order valence-electron chi connectivity index (χ2n) is 6.94. The second kappa shape index (κ2) is 8.77. The first-order valence-electron chi connectivity index (χ1n) is 9.41. The Morgan fingerprint density at radius 1 is 1.10 bits per heavy atom. The molecule has 0 radical (unpaired) electrons. The quantitative estimate of drug-likeness (QED) is 0.663. The zero-order chi connectivity index (χ0) is 21.0. The van der Waals surface area contributed by atoms with Crippen molar-refractivity contribution in [1.29, 1.82) is 0 Å². The van der Waals surface area contributed by atoms with Crippen LogP contribution in [-0.4, -0.2) is 29.7 Å². The molecule has 0 aliphatic carbocycles. The number of nitrogens with one attached hydrogen (secondary N) is 1. The van der Waals surface area contributed by atoms with Crippen molar-refractivity contribution in [3.8, 4) is 11.5 Å². The number of nitrogens with zero attached hydrogens (tertiary/aromatic N) is 2. The van der Waals surface area contributed by atoms with Crippen LogP contribution in [0.3, 0.4) is 0 Å². The van der Waals surface area contributed by atoms with E-state index in [0.29, 0.717) is 41.8 Å². The lowest BCUT2D eigenvalue weighted by molar-refractivity contribution is -0.116. The summed E-state index contributed by atoms with van der Waals surface area (Å²) in [6.45, 7) is 4.38. The number of hydrogen-bond donors (Lipinski definition) is 1. The van der Waals surface area contributed by atoms with Crippen molar-refractivity contribution in [2.75, 3.05) is 19.5 Å². The summed E-state index contributed by atoms with van der Waals surface area (Å²) in [5.41, 5.74) is 3.35. The topological polar surface area (TPSA) is 82.5 Å². The maximum Gasteiger partial charge on any atom is 0.261 e. The summed E-state index contributed by atoms with van der Waals surface area (Å²) in [6.07, 6.45) is 2.33. The van der Waals surface area contributed by atoms with Gasteiger partial charge in [-0.15, -0.1) is 0 Å². The van der Waals surface area contributed by atoms with Gasteiger partial charge in [-0.3, -0.25) is 14.2 Å². The first-order valence-corrected chi connectivity index (χ1v) is 9.41. The molecule has 0 aliphatic heterocycles. The average Bonchev–Trinajstić information content (AvgIpc) is 2.71. The fourth-order valence-corrected chi connectivity index (χ4v) is 3.22. The third-order valence-corrected chi connectivity index (χ3v) is 4.79. The zero-order valence-electron chi connectivity index (χ0n) is 17.1. The van der Waals surface area contributed by atoms with Crippen molar-refractivity contribution in [3.63, 3.8) is 0 Å². The number of ether oxygens (including phenoxy) is 2. The number of methoxy groups -OCH3 is 2. The Morgan fingerprint density at radius 3 is 2.52 bits per heavy atom. The van der Waals surface area contributed by atoms with Crippen molar-refractivity contribution in [2.24, 2.45) is 0 Å². The minimum Gasteiger partial charge on any atom is -0.493 e. The Bertz CT molecular complexity index is 1110. The maximum absolute atomic E-state index is 12.8. The molecule has 0 aliphatic rings. The maximum atomic E-state index is 12.8. The molecule has 1 amide bonds. The van der Waals surface area contributed by atoms with Gasteiger partial charge in [0.15, 0.2) is 11.5 Å². The van der Waals surface area contributed by atoms with E-state index in [4.69, 9.17) is 9.47 Å². The number of hydrogen-bond acceptors (Lipinski definition) is 5. The molecule has 1 aromatic heterocycles. The lowest BCUT2D eigenvalue weighted by Gasteiger charge is -2.11. The Kier molecular flexibility index (Phi) is 6.16. The number of anilines is 1. The van der Waals surface area contributed by atoms with Crippen LogP contribution in [0.5, 0.6) is 11.5 Å². The first kappa shape index (κ1) is 20.4. The van der Waals surface area contributed by atoms with Crippen LogP contribution in [0, 0.1) is 13.8 Å². The van der Waals surface area contributed by atoms with Gasteiger partial charge in [-0.25, -0.2) is 4.98 Å². The normalized spacial score (nSPS) is 10.8. The van der Waals surface area contributed by atoms with Crippen LogP contribution < -0.4 is 20.3 Å². The third-order valence-electron chi connectivity index (χ3n) is 4.79. The van der Waals surface area contributed by atoms with E-state index in [1.165, 1.54) is 25.1 Å². The van der Waals surface area contributed by atoms with Crippen LogP contribution in [-0.2, 0) is 11.3 Å². The van der Waals surface area contributed by atoms with Crippen LogP contribution in [0.2, 0.25) is 0 Å². The molecule has 0 saturated heterocycles. The van der Waals surface area contributed by atoms with E-state index in [2.05, 4.69) is 10.3 Å². The molecule has 0 atom stereocenters. The molecule has 0 fully saturated rings. The number of benzene rings is 2. The fraction of sp³-hybridized carbons (Fsp3) is 0.318.